The van der Waals surface area contributed by atoms with Gasteiger partial charge in [0.2, 0.25) is 0 Å². The average Bonchev–Trinajstić information content (AvgIpc) is 2.25. The Morgan fingerprint density at radius 1 is 1.47 bits per heavy atom. The molecule has 0 spiro atoms. The van der Waals surface area contributed by atoms with Gasteiger partial charge in [-0.2, -0.15) is 5.26 Å². The van der Waals surface area contributed by atoms with Crippen molar-refractivity contribution in [1.82, 2.24) is 4.90 Å². The number of nitriles is 1. The van der Waals surface area contributed by atoms with E-state index in [-0.39, 0.29) is 5.92 Å². The third kappa shape index (κ3) is 3.83. The van der Waals surface area contributed by atoms with Crippen LogP contribution in [0.1, 0.15) is 46.5 Å². The summed E-state index contributed by atoms with van der Waals surface area (Å²) in [4.78, 5) is 2.50. The van der Waals surface area contributed by atoms with Crippen LogP contribution in [0.4, 0.5) is 0 Å². The molecular weight excluding hydrogens is 184 g/mol. The average molecular weight is 208 g/mol. The van der Waals surface area contributed by atoms with Gasteiger partial charge in [-0.25, -0.2) is 0 Å². The van der Waals surface area contributed by atoms with Crippen LogP contribution in [0.2, 0.25) is 0 Å². The Kier molecular flexibility index (Phi) is 5.11. The van der Waals surface area contributed by atoms with E-state index in [9.17, 15) is 0 Å². The van der Waals surface area contributed by atoms with Gasteiger partial charge < -0.3 is 0 Å². The van der Waals surface area contributed by atoms with Gasteiger partial charge in [-0.3, -0.25) is 4.90 Å². The first-order chi connectivity index (χ1) is 7.17. The predicted molar refractivity (Wildman–Crippen MR) is 63.4 cm³/mol. The van der Waals surface area contributed by atoms with Gasteiger partial charge >= 0.3 is 0 Å². The second-order valence-corrected chi connectivity index (χ2v) is 5.04. The minimum Gasteiger partial charge on any atom is -0.299 e. The van der Waals surface area contributed by atoms with Crippen LogP contribution >= 0.6 is 0 Å². The standard InChI is InChI=1S/C13H24N2/c1-4-15(10-12(3)9-14)13-7-5-6-11(2)8-13/h11-13H,4-8,10H2,1-3H3. The van der Waals surface area contributed by atoms with Crippen molar-refractivity contribution < 1.29 is 0 Å². The van der Waals surface area contributed by atoms with Crippen LogP contribution in [0.3, 0.4) is 0 Å². The number of hydrogen-bond acceptors (Lipinski definition) is 2. The molecule has 0 heterocycles. The van der Waals surface area contributed by atoms with Crippen molar-refractivity contribution in [2.45, 2.75) is 52.5 Å². The van der Waals surface area contributed by atoms with E-state index < -0.39 is 0 Å². The number of nitrogens with zero attached hydrogens (tertiary/aromatic N) is 2. The fraction of sp³-hybridized carbons (Fsp3) is 0.923. The Morgan fingerprint density at radius 2 is 2.20 bits per heavy atom. The summed E-state index contributed by atoms with van der Waals surface area (Å²) < 4.78 is 0. The molecule has 0 radical (unpaired) electrons. The van der Waals surface area contributed by atoms with E-state index in [1.54, 1.807) is 0 Å². The van der Waals surface area contributed by atoms with E-state index in [2.05, 4.69) is 24.8 Å². The lowest BCUT2D eigenvalue weighted by molar-refractivity contribution is 0.132. The first kappa shape index (κ1) is 12.5. The van der Waals surface area contributed by atoms with Gasteiger partial charge in [0.15, 0.2) is 0 Å². The van der Waals surface area contributed by atoms with Crippen molar-refractivity contribution in [1.29, 1.82) is 5.26 Å². The Hall–Kier alpha value is -0.550. The molecule has 3 atom stereocenters. The zero-order chi connectivity index (χ0) is 11.3. The largest absolute Gasteiger partial charge is 0.299 e. The van der Waals surface area contributed by atoms with Crippen LogP contribution < -0.4 is 0 Å². The monoisotopic (exact) mass is 208 g/mol. The summed E-state index contributed by atoms with van der Waals surface area (Å²) in [7, 11) is 0. The summed E-state index contributed by atoms with van der Waals surface area (Å²) >= 11 is 0. The third-order valence-electron chi connectivity index (χ3n) is 3.56. The fourth-order valence-corrected chi connectivity index (χ4v) is 2.66. The van der Waals surface area contributed by atoms with E-state index in [0.717, 1.165) is 25.0 Å². The van der Waals surface area contributed by atoms with Crippen molar-refractivity contribution in [2.24, 2.45) is 11.8 Å². The molecule has 15 heavy (non-hydrogen) atoms. The third-order valence-corrected chi connectivity index (χ3v) is 3.56. The molecule has 3 unspecified atom stereocenters. The lowest BCUT2D eigenvalue weighted by Crippen LogP contribution is -2.40. The SMILES string of the molecule is CCN(CC(C)C#N)C1CCCC(C)C1. The summed E-state index contributed by atoms with van der Waals surface area (Å²) in [6, 6.07) is 3.07. The highest BCUT2D eigenvalue weighted by Crippen LogP contribution is 2.27. The van der Waals surface area contributed by atoms with Crippen molar-refractivity contribution in [3.8, 4) is 6.07 Å². The number of rotatable bonds is 4. The summed E-state index contributed by atoms with van der Waals surface area (Å²) in [5.74, 6) is 1.04. The Balaban J connectivity index is 2.46. The van der Waals surface area contributed by atoms with Gasteiger partial charge in [0.05, 0.1) is 12.0 Å². The van der Waals surface area contributed by atoms with Crippen molar-refractivity contribution in [3.63, 3.8) is 0 Å². The second-order valence-electron chi connectivity index (χ2n) is 5.04. The highest BCUT2D eigenvalue weighted by Gasteiger charge is 2.24. The molecule has 86 valence electrons. The van der Waals surface area contributed by atoms with Gasteiger partial charge in [-0.15, -0.1) is 0 Å². The first-order valence-electron chi connectivity index (χ1n) is 6.31. The second kappa shape index (κ2) is 6.12. The quantitative estimate of drug-likeness (QED) is 0.710. The maximum atomic E-state index is 8.85. The zero-order valence-electron chi connectivity index (χ0n) is 10.4. The number of hydrogen-bond donors (Lipinski definition) is 0. The molecule has 0 bridgehead atoms. The molecular formula is C13H24N2. The Morgan fingerprint density at radius 3 is 2.73 bits per heavy atom. The molecule has 1 fully saturated rings. The molecule has 1 saturated carbocycles. The summed E-state index contributed by atoms with van der Waals surface area (Å²) in [5, 5.41) is 8.85. The van der Waals surface area contributed by atoms with E-state index >= 15 is 0 Å². The first-order valence-corrected chi connectivity index (χ1v) is 6.31. The molecule has 0 N–H and O–H groups in total. The minimum absolute atomic E-state index is 0.169. The lowest BCUT2D eigenvalue weighted by atomic mass is 9.86. The Bertz CT molecular complexity index is 219. The highest BCUT2D eigenvalue weighted by molar-refractivity contribution is 4.85. The van der Waals surface area contributed by atoms with Crippen molar-refractivity contribution >= 4 is 0 Å². The topological polar surface area (TPSA) is 27.0 Å². The van der Waals surface area contributed by atoms with Crippen LogP contribution in [0.5, 0.6) is 0 Å². The highest BCUT2D eigenvalue weighted by atomic mass is 15.1. The van der Waals surface area contributed by atoms with E-state index in [4.69, 9.17) is 5.26 Å². The van der Waals surface area contributed by atoms with Crippen LogP contribution in [0.15, 0.2) is 0 Å². The molecule has 1 rings (SSSR count). The fourth-order valence-electron chi connectivity index (χ4n) is 2.66. The molecule has 0 aliphatic heterocycles. The van der Waals surface area contributed by atoms with Crippen LogP contribution in [0.25, 0.3) is 0 Å². The molecule has 0 aromatic rings. The minimum atomic E-state index is 0.169. The van der Waals surface area contributed by atoms with Crippen LogP contribution in [0, 0.1) is 23.2 Å². The van der Waals surface area contributed by atoms with Gasteiger partial charge in [0, 0.05) is 12.6 Å². The van der Waals surface area contributed by atoms with Gasteiger partial charge in [0.25, 0.3) is 0 Å². The van der Waals surface area contributed by atoms with E-state index in [1.165, 1.54) is 25.7 Å². The Labute approximate surface area is 94.3 Å². The van der Waals surface area contributed by atoms with Gasteiger partial charge in [-0.05, 0) is 32.2 Å². The maximum Gasteiger partial charge on any atom is 0.0666 e. The smallest absolute Gasteiger partial charge is 0.0666 e. The van der Waals surface area contributed by atoms with E-state index in [1.807, 2.05) is 6.92 Å². The molecule has 1 aliphatic rings. The molecule has 0 saturated heterocycles. The maximum absolute atomic E-state index is 8.85. The van der Waals surface area contributed by atoms with Gasteiger partial charge in [0.1, 0.15) is 0 Å². The summed E-state index contributed by atoms with van der Waals surface area (Å²) in [6.45, 7) is 8.62. The van der Waals surface area contributed by atoms with Crippen LogP contribution in [-0.4, -0.2) is 24.0 Å². The molecule has 0 amide bonds. The summed E-state index contributed by atoms with van der Waals surface area (Å²) in [6.07, 6.45) is 5.41. The molecule has 0 aromatic heterocycles. The molecule has 1 aliphatic carbocycles. The predicted octanol–water partition coefficient (Wildman–Crippen LogP) is 3.05. The van der Waals surface area contributed by atoms with Gasteiger partial charge in [-0.1, -0.05) is 26.7 Å². The lowest BCUT2D eigenvalue weighted by Gasteiger charge is -2.36. The molecule has 2 nitrogen and oxygen atoms in total. The molecule has 2 heteroatoms. The summed E-state index contributed by atoms with van der Waals surface area (Å²) in [5.41, 5.74) is 0. The van der Waals surface area contributed by atoms with E-state index in [0.29, 0.717) is 0 Å². The van der Waals surface area contributed by atoms with Crippen molar-refractivity contribution in [3.05, 3.63) is 0 Å². The van der Waals surface area contributed by atoms with Crippen molar-refractivity contribution in [2.75, 3.05) is 13.1 Å². The molecule has 0 aromatic carbocycles. The zero-order valence-corrected chi connectivity index (χ0v) is 10.4. The van der Waals surface area contributed by atoms with Crippen LogP contribution in [-0.2, 0) is 0 Å². The normalized spacial score (nSPS) is 28.7.